The second-order valence-corrected chi connectivity index (χ2v) is 6.59. The number of carbonyl (C=O) groups is 1. The normalized spacial score (nSPS) is 28.1. The van der Waals surface area contributed by atoms with Crippen molar-refractivity contribution in [2.24, 2.45) is 5.92 Å². The van der Waals surface area contributed by atoms with E-state index >= 15 is 0 Å². The van der Waals surface area contributed by atoms with Gasteiger partial charge in [0, 0.05) is 18.6 Å². The highest BCUT2D eigenvalue weighted by molar-refractivity contribution is 8.00. The second-order valence-electron chi connectivity index (χ2n) is 5.38. The number of thioether (sulfide) groups is 1. The van der Waals surface area contributed by atoms with Crippen LogP contribution in [0.15, 0.2) is 36.4 Å². The van der Waals surface area contributed by atoms with Gasteiger partial charge in [0.15, 0.2) is 0 Å². The van der Waals surface area contributed by atoms with Crippen molar-refractivity contribution in [1.29, 1.82) is 0 Å². The van der Waals surface area contributed by atoms with Crippen LogP contribution in [0.5, 0.6) is 0 Å². The number of aryl methyl sites for hydroxylation is 1. The molecule has 20 heavy (non-hydrogen) atoms. The number of hydrogen-bond acceptors (Lipinski definition) is 3. The van der Waals surface area contributed by atoms with E-state index in [1.807, 2.05) is 24.3 Å². The van der Waals surface area contributed by atoms with Crippen molar-refractivity contribution in [2.45, 2.75) is 24.1 Å². The quantitative estimate of drug-likeness (QED) is 0.838. The molecule has 0 fully saturated rings. The Bertz CT molecular complexity index is 529. The molecule has 1 aromatic carbocycles. The molecular formula is C16H19NO2S. The summed E-state index contributed by atoms with van der Waals surface area (Å²) < 4.78 is 0. The first-order valence-electron chi connectivity index (χ1n) is 7.07. The van der Waals surface area contributed by atoms with Gasteiger partial charge in [-0.05, 0) is 29.7 Å². The monoisotopic (exact) mass is 289 g/mol. The van der Waals surface area contributed by atoms with E-state index in [9.17, 15) is 4.79 Å². The van der Waals surface area contributed by atoms with E-state index < -0.39 is 0 Å². The molecule has 106 valence electrons. The van der Waals surface area contributed by atoms with Crippen LogP contribution < -0.4 is 5.32 Å². The maximum atomic E-state index is 12.5. The van der Waals surface area contributed by atoms with Gasteiger partial charge >= 0.3 is 0 Å². The van der Waals surface area contributed by atoms with Crippen LogP contribution in [-0.2, 0) is 11.2 Å². The SMILES string of the molecule is O=C(N[C@@H]1C=C[C@H](CO)C1)C1SCCc2ccccc21. The number of hydrogen-bond donors (Lipinski definition) is 2. The van der Waals surface area contributed by atoms with E-state index in [4.69, 9.17) is 5.11 Å². The lowest BCUT2D eigenvalue weighted by Gasteiger charge is -2.25. The van der Waals surface area contributed by atoms with Crippen molar-refractivity contribution in [3.05, 3.63) is 47.5 Å². The zero-order chi connectivity index (χ0) is 13.9. The smallest absolute Gasteiger partial charge is 0.238 e. The minimum Gasteiger partial charge on any atom is -0.396 e. The van der Waals surface area contributed by atoms with Gasteiger partial charge in [-0.2, -0.15) is 0 Å². The van der Waals surface area contributed by atoms with Crippen LogP contribution in [0.4, 0.5) is 0 Å². The Kier molecular flexibility index (Phi) is 4.13. The van der Waals surface area contributed by atoms with Gasteiger partial charge in [-0.25, -0.2) is 0 Å². The second kappa shape index (κ2) is 6.02. The molecule has 2 N–H and O–H groups in total. The third kappa shape index (κ3) is 2.76. The zero-order valence-electron chi connectivity index (χ0n) is 11.3. The fourth-order valence-electron chi connectivity index (χ4n) is 2.89. The highest BCUT2D eigenvalue weighted by Gasteiger charge is 2.29. The number of aliphatic hydroxyl groups is 1. The van der Waals surface area contributed by atoms with Gasteiger partial charge in [0.25, 0.3) is 0 Å². The summed E-state index contributed by atoms with van der Waals surface area (Å²) in [6, 6.07) is 8.28. The van der Waals surface area contributed by atoms with Crippen molar-refractivity contribution < 1.29 is 9.90 Å². The van der Waals surface area contributed by atoms with Crippen LogP contribution in [0, 0.1) is 5.92 Å². The summed E-state index contributed by atoms with van der Waals surface area (Å²) in [5, 5.41) is 12.1. The molecule has 0 radical (unpaired) electrons. The van der Waals surface area contributed by atoms with Gasteiger partial charge in [-0.15, -0.1) is 11.8 Å². The minimum atomic E-state index is -0.0958. The van der Waals surface area contributed by atoms with Crippen molar-refractivity contribution in [1.82, 2.24) is 5.32 Å². The minimum absolute atomic E-state index is 0.0642. The Balaban J connectivity index is 1.68. The summed E-state index contributed by atoms with van der Waals surface area (Å²) in [4.78, 5) is 12.5. The number of nitrogens with one attached hydrogen (secondary N) is 1. The maximum Gasteiger partial charge on any atom is 0.238 e. The van der Waals surface area contributed by atoms with E-state index in [0.717, 1.165) is 24.2 Å². The zero-order valence-corrected chi connectivity index (χ0v) is 12.1. The van der Waals surface area contributed by atoms with Gasteiger partial charge in [-0.1, -0.05) is 36.4 Å². The summed E-state index contributed by atoms with van der Waals surface area (Å²) in [5.41, 5.74) is 2.45. The van der Waals surface area contributed by atoms with Crippen molar-refractivity contribution in [3.8, 4) is 0 Å². The molecule has 3 atom stereocenters. The van der Waals surface area contributed by atoms with Crippen molar-refractivity contribution >= 4 is 17.7 Å². The lowest BCUT2D eigenvalue weighted by Crippen LogP contribution is -2.36. The molecule has 0 saturated heterocycles. The predicted octanol–water partition coefficient (Wildman–Crippen LogP) is 2.07. The van der Waals surface area contributed by atoms with Crippen LogP contribution in [0.3, 0.4) is 0 Å². The lowest BCUT2D eigenvalue weighted by atomic mass is 10.0. The number of benzene rings is 1. The fraction of sp³-hybridized carbons (Fsp3) is 0.438. The number of rotatable bonds is 3. The summed E-state index contributed by atoms with van der Waals surface area (Å²) in [6.45, 7) is 0.157. The number of aliphatic hydroxyl groups excluding tert-OH is 1. The van der Waals surface area contributed by atoms with E-state index in [1.54, 1.807) is 11.8 Å². The van der Waals surface area contributed by atoms with Crippen molar-refractivity contribution in [3.63, 3.8) is 0 Å². The standard InChI is InChI=1S/C16H19NO2S/c18-10-11-5-6-13(9-11)17-16(19)15-14-4-2-1-3-12(14)7-8-20-15/h1-6,11,13,15,18H,7-10H2,(H,17,19)/t11-,13+,15?/m0/s1. The Hall–Kier alpha value is -1.26. The number of fused-ring (bicyclic) bond motifs is 1. The molecule has 3 rings (SSSR count). The molecule has 0 bridgehead atoms. The first-order valence-corrected chi connectivity index (χ1v) is 8.12. The Morgan fingerprint density at radius 3 is 3.00 bits per heavy atom. The largest absolute Gasteiger partial charge is 0.396 e. The van der Waals surface area contributed by atoms with E-state index in [0.29, 0.717) is 0 Å². The van der Waals surface area contributed by atoms with Crippen LogP contribution >= 0.6 is 11.8 Å². The maximum absolute atomic E-state index is 12.5. The molecule has 0 aromatic heterocycles. The summed E-state index contributed by atoms with van der Waals surface area (Å²) >= 11 is 1.72. The highest BCUT2D eigenvalue weighted by Crippen LogP contribution is 2.37. The van der Waals surface area contributed by atoms with E-state index in [2.05, 4.69) is 17.4 Å². The first kappa shape index (κ1) is 13.7. The lowest BCUT2D eigenvalue weighted by molar-refractivity contribution is -0.121. The third-order valence-electron chi connectivity index (χ3n) is 3.97. The molecule has 2 aliphatic rings. The Morgan fingerprint density at radius 1 is 1.35 bits per heavy atom. The molecule has 0 saturated carbocycles. The highest BCUT2D eigenvalue weighted by atomic mass is 32.2. The average Bonchev–Trinajstić information content (AvgIpc) is 2.94. The summed E-state index contributed by atoms with van der Waals surface area (Å²) in [7, 11) is 0. The van der Waals surface area contributed by atoms with Crippen LogP contribution in [-0.4, -0.2) is 29.4 Å². The molecule has 4 heteroatoms. The molecule has 0 spiro atoms. The summed E-state index contributed by atoms with van der Waals surface area (Å²) in [6.07, 6.45) is 5.84. The van der Waals surface area contributed by atoms with E-state index in [1.165, 1.54) is 5.56 Å². The molecule has 1 aliphatic carbocycles. The van der Waals surface area contributed by atoms with Gasteiger partial charge in [0.2, 0.25) is 5.91 Å². The number of carbonyl (C=O) groups excluding carboxylic acids is 1. The molecule has 1 unspecified atom stereocenters. The average molecular weight is 289 g/mol. The molecule has 1 aliphatic heterocycles. The predicted molar refractivity (Wildman–Crippen MR) is 81.6 cm³/mol. The van der Waals surface area contributed by atoms with Gasteiger partial charge < -0.3 is 10.4 Å². The number of amides is 1. The van der Waals surface area contributed by atoms with Gasteiger partial charge in [-0.3, -0.25) is 4.79 Å². The fourth-order valence-corrected chi connectivity index (χ4v) is 4.09. The molecule has 1 heterocycles. The first-order chi connectivity index (χ1) is 9.78. The summed E-state index contributed by atoms with van der Waals surface area (Å²) in [5.74, 6) is 1.27. The van der Waals surface area contributed by atoms with Crippen LogP contribution in [0.1, 0.15) is 22.8 Å². The third-order valence-corrected chi connectivity index (χ3v) is 5.21. The van der Waals surface area contributed by atoms with Crippen LogP contribution in [0.25, 0.3) is 0 Å². The molecule has 1 aromatic rings. The van der Waals surface area contributed by atoms with E-state index in [-0.39, 0.29) is 29.7 Å². The molecule has 1 amide bonds. The van der Waals surface area contributed by atoms with Gasteiger partial charge in [0.1, 0.15) is 5.25 Å². The van der Waals surface area contributed by atoms with Crippen molar-refractivity contribution in [2.75, 3.05) is 12.4 Å². The van der Waals surface area contributed by atoms with Crippen LogP contribution in [0.2, 0.25) is 0 Å². The Labute approximate surface area is 123 Å². The molecule has 3 nitrogen and oxygen atoms in total. The topological polar surface area (TPSA) is 49.3 Å². The Morgan fingerprint density at radius 2 is 2.20 bits per heavy atom. The molecular weight excluding hydrogens is 270 g/mol. The van der Waals surface area contributed by atoms with Gasteiger partial charge in [0.05, 0.1) is 0 Å².